The maximum atomic E-state index is 5.83. The summed E-state index contributed by atoms with van der Waals surface area (Å²) < 4.78 is 1.81. The fourth-order valence-electron chi connectivity index (χ4n) is 1.27. The number of imidazole rings is 1. The first-order chi connectivity index (χ1) is 6.18. The average Bonchev–Trinajstić information content (AvgIpc) is 2.47. The summed E-state index contributed by atoms with van der Waals surface area (Å²) in [4.78, 5) is 3.98. The summed E-state index contributed by atoms with van der Waals surface area (Å²) in [5.41, 5.74) is 7.81. The van der Waals surface area contributed by atoms with Gasteiger partial charge >= 0.3 is 0 Å². The van der Waals surface area contributed by atoms with Gasteiger partial charge in [-0.2, -0.15) is 0 Å². The minimum absolute atomic E-state index is 0.0404. The van der Waals surface area contributed by atoms with Gasteiger partial charge in [-0.15, -0.1) is 0 Å². The molecule has 0 radical (unpaired) electrons. The summed E-state index contributed by atoms with van der Waals surface area (Å²) in [6.45, 7) is 1.95. The molecule has 0 fully saturated rings. The molecule has 0 aromatic carbocycles. The van der Waals surface area contributed by atoms with Gasteiger partial charge in [-0.25, -0.2) is 4.98 Å². The first kappa shape index (κ1) is 8.53. The standard InChI is InChI=1S/C9H10ClN3/c1-6(11)7-2-3-13-8(4-7)5-12-9(13)10/h2-6H,11H2,1H3. The van der Waals surface area contributed by atoms with Crippen LogP contribution in [0.4, 0.5) is 0 Å². The molecule has 68 valence electrons. The molecule has 2 aromatic heterocycles. The van der Waals surface area contributed by atoms with E-state index in [0.717, 1.165) is 11.1 Å². The van der Waals surface area contributed by atoms with E-state index in [2.05, 4.69) is 4.98 Å². The molecular weight excluding hydrogens is 186 g/mol. The molecule has 2 heterocycles. The maximum Gasteiger partial charge on any atom is 0.207 e. The van der Waals surface area contributed by atoms with Gasteiger partial charge in [-0.05, 0) is 36.2 Å². The number of nitrogens with two attached hydrogens (primary N) is 1. The molecule has 0 amide bonds. The Morgan fingerprint density at radius 1 is 1.62 bits per heavy atom. The Morgan fingerprint density at radius 3 is 3.08 bits per heavy atom. The number of fused-ring (bicyclic) bond motifs is 1. The van der Waals surface area contributed by atoms with Crippen LogP contribution in [0.2, 0.25) is 5.28 Å². The second-order valence-electron chi connectivity index (χ2n) is 3.07. The number of aromatic nitrogens is 2. The van der Waals surface area contributed by atoms with Crippen LogP contribution in [0.1, 0.15) is 18.5 Å². The lowest BCUT2D eigenvalue weighted by atomic mass is 10.1. The highest BCUT2D eigenvalue weighted by molar-refractivity contribution is 6.28. The second-order valence-corrected chi connectivity index (χ2v) is 3.41. The monoisotopic (exact) mass is 195 g/mol. The van der Waals surface area contributed by atoms with E-state index >= 15 is 0 Å². The molecule has 1 unspecified atom stereocenters. The third kappa shape index (κ3) is 1.41. The molecule has 3 nitrogen and oxygen atoms in total. The van der Waals surface area contributed by atoms with E-state index in [4.69, 9.17) is 17.3 Å². The van der Waals surface area contributed by atoms with Crippen LogP contribution >= 0.6 is 11.6 Å². The largest absolute Gasteiger partial charge is 0.324 e. The van der Waals surface area contributed by atoms with Gasteiger partial charge < -0.3 is 5.73 Å². The first-order valence-corrected chi connectivity index (χ1v) is 4.44. The Balaban J connectivity index is 2.63. The number of rotatable bonds is 1. The molecule has 0 aliphatic rings. The van der Waals surface area contributed by atoms with E-state index < -0.39 is 0 Å². The Hall–Kier alpha value is -1.06. The molecule has 0 spiro atoms. The van der Waals surface area contributed by atoms with Crippen LogP contribution in [0, 0.1) is 0 Å². The lowest BCUT2D eigenvalue weighted by Crippen LogP contribution is -2.05. The van der Waals surface area contributed by atoms with Gasteiger partial charge in [-0.3, -0.25) is 4.40 Å². The van der Waals surface area contributed by atoms with Crippen molar-refractivity contribution in [1.29, 1.82) is 0 Å². The molecule has 0 aliphatic carbocycles. The number of halogens is 1. The number of hydrogen-bond acceptors (Lipinski definition) is 2. The lowest BCUT2D eigenvalue weighted by molar-refractivity contribution is 0.816. The third-order valence-corrected chi connectivity index (χ3v) is 2.32. The Kier molecular flexibility index (Phi) is 1.98. The molecule has 0 saturated carbocycles. The van der Waals surface area contributed by atoms with Crippen molar-refractivity contribution in [2.24, 2.45) is 5.73 Å². The number of hydrogen-bond donors (Lipinski definition) is 1. The van der Waals surface area contributed by atoms with Crippen molar-refractivity contribution in [3.8, 4) is 0 Å². The molecule has 0 aliphatic heterocycles. The van der Waals surface area contributed by atoms with Crippen molar-refractivity contribution < 1.29 is 0 Å². The van der Waals surface area contributed by atoms with Crippen LogP contribution < -0.4 is 5.73 Å². The fourth-order valence-corrected chi connectivity index (χ4v) is 1.47. The highest BCUT2D eigenvalue weighted by Crippen LogP contribution is 2.16. The van der Waals surface area contributed by atoms with Crippen molar-refractivity contribution in [1.82, 2.24) is 9.38 Å². The minimum Gasteiger partial charge on any atom is -0.324 e. The van der Waals surface area contributed by atoms with E-state index in [1.165, 1.54) is 0 Å². The number of nitrogens with zero attached hydrogens (tertiary/aromatic N) is 2. The zero-order chi connectivity index (χ0) is 9.42. The summed E-state index contributed by atoms with van der Waals surface area (Å²) in [6, 6.07) is 3.98. The lowest BCUT2D eigenvalue weighted by Gasteiger charge is -2.05. The topological polar surface area (TPSA) is 43.3 Å². The van der Waals surface area contributed by atoms with Gasteiger partial charge in [0.25, 0.3) is 0 Å². The molecule has 2 aromatic rings. The molecule has 0 bridgehead atoms. The van der Waals surface area contributed by atoms with Gasteiger partial charge in [0.2, 0.25) is 5.28 Å². The van der Waals surface area contributed by atoms with Crippen molar-refractivity contribution in [3.63, 3.8) is 0 Å². The summed E-state index contributed by atoms with van der Waals surface area (Å²) in [5.74, 6) is 0. The maximum absolute atomic E-state index is 5.83. The summed E-state index contributed by atoms with van der Waals surface area (Å²) in [5, 5.41) is 0.478. The Bertz CT molecular complexity index is 433. The molecule has 2 N–H and O–H groups in total. The molecule has 13 heavy (non-hydrogen) atoms. The molecule has 1 atom stereocenters. The molecule has 0 saturated heterocycles. The van der Waals surface area contributed by atoms with Crippen LogP contribution in [-0.2, 0) is 0 Å². The molecular formula is C9H10ClN3. The SMILES string of the molecule is CC(N)c1ccn2c(Cl)ncc2c1. The van der Waals surface area contributed by atoms with Gasteiger partial charge in [0, 0.05) is 12.2 Å². The van der Waals surface area contributed by atoms with Crippen LogP contribution in [0.5, 0.6) is 0 Å². The van der Waals surface area contributed by atoms with E-state index in [1.807, 2.05) is 29.7 Å². The van der Waals surface area contributed by atoms with E-state index in [-0.39, 0.29) is 6.04 Å². The van der Waals surface area contributed by atoms with Gasteiger partial charge in [0.1, 0.15) is 0 Å². The predicted molar refractivity (Wildman–Crippen MR) is 52.8 cm³/mol. The van der Waals surface area contributed by atoms with Gasteiger partial charge in [0.15, 0.2) is 0 Å². The zero-order valence-corrected chi connectivity index (χ0v) is 7.99. The minimum atomic E-state index is 0.0404. The van der Waals surface area contributed by atoms with Crippen LogP contribution in [0.25, 0.3) is 5.52 Å². The van der Waals surface area contributed by atoms with E-state index in [9.17, 15) is 0 Å². The summed E-state index contributed by atoms with van der Waals surface area (Å²) in [6.07, 6.45) is 3.61. The summed E-state index contributed by atoms with van der Waals surface area (Å²) in [7, 11) is 0. The highest BCUT2D eigenvalue weighted by atomic mass is 35.5. The second kappa shape index (κ2) is 3.01. The summed E-state index contributed by atoms with van der Waals surface area (Å²) >= 11 is 5.83. The molecule has 2 rings (SSSR count). The number of pyridine rings is 1. The van der Waals surface area contributed by atoms with Gasteiger partial charge in [-0.1, -0.05) is 0 Å². The zero-order valence-electron chi connectivity index (χ0n) is 7.24. The van der Waals surface area contributed by atoms with Crippen LogP contribution in [0.15, 0.2) is 24.5 Å². The van der Waals surface area contributed by atoms with Gasteiger partial charge in [0.05, 0.1) is 11.7 Å². The van der Waals surface area contributed by atoms with E-state index in [0.29, 0.717) is 5.28 Å². The third-order valence-electron chi connectivity index (χ3n) is 2.04. The fraction of sp³-hybridized carbons (Fsp3) is 0.222. The predicted octanol–water partition coefficient (Wildman–Crippen LogP) is 2.01. The smallest absolute Gasteiger partial charge is 0.207 e. The van der Waals surface area contributed by atoms with Crippen LogP contribution in [0.3, 0.4) is 0 Å². The molecule has 4 heteroatoms. The van der Waals surface area contributed by atoms with Crippen molar-refractivity contribution >= 4 is 17.1 Å². The Labute approximate surface area is 81.1 Å². The Morgan fingerprint density at radius 2 is 2.38 bits per heavy atom. The average molecular weight is 196 g/mol. The van der Waals surface area contributed by atoms with Crippen LogP contribution in [-0.4, -0.2) is 9.38 Å². The van der Waals surface area contributed by atoms with E-state index in [1.54, 1.807) is 6.20 Å². The highest BCUT2D eigenvalue weighted by Gasteiger charge is 2.03. The van der Waals surface area contributed by atoms with Crippen molar-refractivity contribution in [2.45, 2.75) is 13.0 Å². The first-order valence-electron chi connectivity index (χ1n) is 4.06. The quantitative estimate of drug-likeness (QED) is 0.757. The van der Waals surface area contributed by atoms with Crippen molar-refractivity contribution in [3.05, 3.63) is 35.4 Å². The van der Waals surface area contributed by atoms with Crippen molar-refractivity contribution in [2.75, 3.05) is 0 Å². The normalized spacial score (nSPS) is 13.5.